The molecule has 9 heteroatoms. The number of aromatic amines is 1. The fourth-order valence-corrected chi connectivity index (χ4v) is 2.59. The van der Waals surface area contributed by atoms with Crippen LogP contribution in [0.3, 0.4) is 0 Å². The van der Waals surface area contributed by atoms with Gasteiger partial charge in [-0.1, -0.05) is 0 Å². The monoisotopic (exact) mass is 310 g/mol. The first-order chi connectivity index (χ1) is 10.2. The average Bonchev–Trinajstić information content (AvgIpc) is 2.84. The lowest BCUT2D eigenvalue weighted by atomic mass is 10.5. The number of rotatable bonds is 7. The quantitative estimate of drug-likeness (QED) is 0.739. The van der Waals surface area contributed by atoms with Crippen molar-refractivity contribution in [1.82, 2.24) is 24.7 Å². The molecule has 2 aromatic heterocycles. The molecule has 0 aliphatic rings. The van der Waals surface area contributed by atoms with Gasteiger partial charge in [0, 0.05) is 26.3 Å². The topological polar surface area (TPSA) is 97.7 Å². The van der Waals surface area contributed by atoms with Crippen molar-refractivity contribution in [3.05, 3.63) is 22.4 Å². The van der Waals surface area contributed by atoms with Crippen LogP contribution < -0.4 is 11.0 Å². The minimum absolute atomic E-state index is 0.225. The van der Waals surface area contributed by atoms with E-state index in [1.54, 1.807) is 17.7 Å². The summed E-state index contributed by atoms with van der Waals surface area (Å²) >= 11 is 1.31. The second-order valence-electron chi connectivity index (χ2n) is 4.05. The van der Waals surface area contributed by atoms with E-state index in [9.17, 15) is 4.79 Å². The van der Waals surface area contributed by atoms with Gasteiger partial charge in [-0.25, -0.2) is 19.9 Å². The van der Waals surface area contributed by atoms with Crippen molar-refractivity contribution in [1.29, 1.82) is 0 Å². The molecule has 0 aliphatic carbocycles. The molecule has 0 fully saturated rings. The number of nitrogens with one attached hydrogen (secondary N) is 2. The zero-order valence-electron chi connectivity index (χ0n) is 12.2. The highest BCUT2D eigenvalue weighted by Crippen LogP contribution is 2.25. The lowest BCUT2D eigenvalue weighted by Gasteiger charge is -2.07. The van der Waals surface area contributed by atoms with E-state index in [-0.39, 0.29) is 5.69 Å². The van der Waals surface area contributed by atoms with Crippen molar-refractivity contribution < 1.29 is 4.74 Å². The van der Waals surface area contributed by atoms with Crippen molar-refractivity contribution >= 4 is 17.6 Å². The normalized spacial score (nSPS) is 10.8. The summed E-state index contributed by atoms with van der Waals surface area (Å²) in [7, 11) is 1.79. The van der Waals surface area contributed by atoms with Gasteiger partial charge in [0.1, 0.15) is 17.5 Å². The van der Waals surface area contributed by atoms with Crippen LogP contribution in [0.5, 0.6) is 0 Å². The Labute approximate surface area is 126 Å². The largest absolute Gasteiger partial charge is 0.374 e. The van der Waals surface area contributed by atoms with Crippen LogP contribution in [0.1, 0.15) is 19.7 Å². The van der Waals surface area contributed by atoms with Crippen LogP contribution >= 0.6 is 11.8 Å². The van der Waals surface area contributed by atoms with Gasteiger partial charge in [-0.3, -0.25) is 4.57 Å². The number of nitrogens with zero attached hydrogens (tertiary/aromatic N) is 4. The van der Waals surface area contributed by atoms with E-state index in [1.165, 1.54) is 11.8 Å². The molecule has 0 saturated carbocycles. The Morgan fingerprint density at radius 2 is 2.24 bits per heavy atom. The first-order valence-corrected chi connectivity index (χ1v) is 7.46. The van der Waals surface area contributed by atoms with Crippen LogP contribution in [0.25, 0.3) is 0 Å². The molecule has 0 bridgehead atoms. The number of anilines is 1. The molecule has 0 radical (unpaired) electrons. The zero-order chi connectivity index (χ0) is 15.2. The predicted octanol–water partition coefficient (Wildman–Crippen LogP) is 1.11. The summed E-state index contributed by atoms with van der Waals surface area (Å²) in [5.41, 5.74) is -0.225. The summed E-state index contributed by atoms with van der Waals surface area (Å²) in [6.07, 6.45) is 0. The molecule has 8 nitrogen and oxygen atoms in total. The van der Waals surface area contributed by atoms with Crippen LogP contribution in [-0.4, -0.2) is 38.4 Å². The highest BCUT2D eigenvalue weighted by Gasteiger charge is 2.11. The van der Waals surface area contributed by atoms with Gasteiger partial charge in [-0.2, -0.15) is 0 Å². The number of aromatic nitrogens is 5. The summed E-state index contributed by atoms with van der Waals surface area (Å²) in [4.78, 5) is 20.3. The highest BCUT2D eigenvalue weighted by molar-refractivity contribution is 7.99. The Hall–Kier alpha value is -1.87. The molecule has 0 atom stereocenters. The molecule has 0 aromatic carbocycles. The predicted molar refractivity (Wildman–Crippen MR) is 79.6 cm³/mol. The van der Waals surface area contributed by atoms with Crippen LogP contribution in [-0.2, 0) is 17.9 Å². The minimum Gasteiger partial charge on any atom is -0.374 e. The lowest BCUT2D eigenvalue weighted by molar-refractivity contribution is 0.128. The van der Waals surface area contributed by atoms with E-state index >= 15 is 0 Å². The van der Waals surface area contributed by atoms with Gasteiger partial charge in [0.25, 0.3) is 0 Å². The fourth-order valence-electron chi connectivity index (χ4n) is 1.66. The number of ether oxygens (including phenoxy) is 1. The van der Waals surface area contributed by atoms with Crippen molar-refractivity contribution in [2.45, 2.75) is 37.2 Å². The van der Waals surface area contributed by atoms with E-state index in [0.717, 1.165) is 0 Å². The Balaban J connectivity index is 2.27. The summed E-state index contributed by atoms with van der Waals surface area (Å²) < 4.78 is 6.88. The van der Waals surface area contributed by atoms with Gasteiger partial charge in [0.2, 0.25) is 0 Å². The van der Waals surface area contributed by atoms with Crippen molar-refractivity contribution in [2.75, 3.05) is 19.0 Å². The van der Waals surface area contributed by atoms with E-state index in [2.05, 4.69) is 25.5 Å². The smallest absolute Gasteiger partial charge is 0.343 e. The molecule has 21 heavy (non-hydrogen) atoms. The molecule has 0 unspecified atom stereocenters. The first-order valence-electron chi connectivity index (χ1n) is 6.64. The standard InChI is InChI=1S/C12H18N6O2S/c1-4-18-11(19)16-17-12(18)21-10-6-8(13-3)14-9(15-10)7-20-5-2/h6H,4-5,7H2,1-3H3,(H,16,19)(H,13,14,15). The van der Waals surface area contributed by atoms with Crippen LogP contribution in [0.15, 0.2) is 21.0 Å². The van der Waals surface area contributed by atoms with Crippen molar-refractivity contribution in [3.8, 4) is 0 Å². The molecule has 2 aromatic rings. The molecule has 0 saturated heterocycles. The Kier molecular flexibility index (Phi) is 5.34. The van der Waals surface area contributed by atoms with Crippen LogP contribution in [0.2, 0.25) is 0 Å². The van der Waals surface area contributed by atoms with Crippen molar-refractivity contribution in [2.24, 2.45) is 0 Å². The zero-order valence-corrected chi connectivity index (χ0v) is 13.0. The molecule has 114 valence electrons. The maximum absolute atomic E-state index is 11.6. The second kappa shape index (κ2) is 7.23. The molecular weight excluding hydrogens is 292 g/mol. The van der Waals surface area contributed by atoms with Gasteiger partial charge in [0.15, 0.2) is 11.0 Å². The number of H-pyrrole nitrogens is 1. The highest BCUT2D eigenvalue weighted by atomic mass is 32.2. The average molecular weight is 310 g/mol. The lowest BCUT2D eigenvalue weighted by Crippen LogP contribution is -2.16. The van der Waals surface area contributed by atoms with Gasteiger partial charge in [-0.15, -0.1) is 5.10 Å². The van der Waals surface area contributed by atoms with E-state index < -0.39 is 0 Å². The fraction of sp³-hybridized carbons (Fsp3) is 0.500. The molecule has 2 rings (SSSR count). The third-order valence-corrected chi connectivity index (χ3v) is 3.59. The Morgan fingerprint density at radius 1 is 1.43 bits per heavy atom. The van der Waals surface area contributed by atoms with Gasteiger partial charge in [0.05, 0.1) is 0 Å². The summed E-state index contributed by atoms with van der Waals surface area (Å²) in [6.45, 7) is 5.31. The molecule has 0 amide bonds. The number of hydrogen-bond acceptors (Lipinski definition) is 7. The maximum atomic E-state index is 11.6. The maximum Gasteiger partial charge on any atom is 0.343 e. The summed E-state index contributed by atoms with van der Waals surface area (Å²) in [6, 6.07) is 1.80. The second-order valence-corrected chi connectivity index (χ2v) is 5.04. The third-order valence-electron chi connectivity index (χ3n) is 2.68. The molecule has 2 heterocycles. The Bertz CT molecular complexity index is 653. The molecule has 0 spiro atoms. The van der Waals surface area contributed by atoms with Crippen LogP contribution in [0, 0.1) is 0 Å². The summed E-state index contributed by atoms with van der Waals surface area (Å²) in [5, 5.41) is 10.7. The Morgan fingerprint density at radius 3 is 2.90 bits per heavy atom. The SMILES string of the molecule is CCOCc1nc(NC)cc(Sc2n[nH]c(=O)n2CC)n1. The molecular formula is C12H18N6O2S. The summed E-state index contributed by atoms with van der Waals surface area (Å²) in [5.74, 6) is 1.29. The van der Waals surface area contributed by atoms with Gasteiger partial charge >= 0.3 is 5.69 Å². The minimum atomic E-state index is -0.225. The van der Waals surface area contributed by atoms with Gasteiger partial charge in [-0.05, 0) is 25.6 Å². The van der Waals surface area contributed by atoms with Gasteiger partial charge < -0.3 is 10.1 Å². The van der Waals surface area contributed by atoms with E-state index in [0.29, 0.717) is 41.6 Å². The van der Waals surface area contributed by atoms with E-state index in [4.69, 9.17) is 4.74 Å². The third kappa shape index (κ3) is 3.82. The van der Waals surface area contributed by atoms with Crippen LogP contribution in [0.4, 0.5) is 5.82 Å². The number of hydrogen-bond donors (Lipinski definition) is 2. The van der Waals surface area contributed by atoms with E-state index in [1.807, 2.05) is 13.8 Å². The molecule has 0 aliphatic heterocycles. The molecule has 2 N–H and O–H groups in total. The first kappa shape index (κ1) is 15.5. The van der Waals surface area contributed by atoms with Crippen molar-refractivity contribution in [3.63, 3.8) is 0 Å².